The molecule has 27 heavy (non-hydrogen) atoms. The normalized spacial score (nSPS) is 20.8. The smallest absolute Gasteiger partial charge is 0.245 e. The summed E-state index contributed by atoms with van der Waals surface area (Å²) in [5.74, 6) is 0.838. The third-order valence-corrected chi connectivity index (χ3v) is 6.04. The number of carbonyl (C=O) groups is 1. The van der Waals surface area contributed by atoms with Crippen LogP contribution in [0.5, 0.6) is 0 Å². The lowest BCUT2D eigenvalue weighted by Crippen LogP contribution is -2.47. The van der Waals surface area contributed by atoms with E-state index < -0.39 is 0 Å². The van der Waals surface area contributed by atoms with Gasteiger partial charge in [-0.1, -0.05) is 6.92 Å². The van der Waals surface area contributed by atoms with Crippen LogP contribution in [0.3, 0.4) is 0 Å². The minimum Gasteiger partial charge on any atom is -0.379 e. The lowest BCUT2D eigenvalue weighted by Gasteiger charge is -2.41. The summed E-state index contributed by atoms with van der Waals surface area (Å²) in [5.41, 5.74) is 0. The zero-order valence-corrected chi connectivity index (χ0v) is 17.6. The standard InChI is InChI=1S/C21H41N3O3/c1-19-6-13-24(14-7-19)20-8-11-23(12-9-20)10-4-3-5-15-26-16-17-27-18-21(25)22-2/h19-20H,3-18H2,1-2H3,(H,22,25). The van der Waals surface area contributed by atoms with Crippen molar-refractivity contribution in [2.24, 2.45) is 5.92 Å². The number of unbranched alkanes of at least 4 members (excludes halogenated alkanes) is 2. The molecule has 6 heteroatoms. The summed E-state index contributed by atoms with van der Waals surface area (Å²) in [7, 11) is 1.61. The number of likely N-dealkylation sites (N-methyl/N-ethyl adjacent to an activating group) is 1. The second-order valence-electron chi connectivity index (χ2n) is 8.19. The maximum absolute atomic E-state index is 11.0. The van der Waals surface area contributed by atoms with E-state index in [1.54, 1.807) is 7.05 Å². The first-order chi connectivity index (χ1) is 13.2. The highest BCUT2D eigenvalue weighted by atomic mass is 16.5. The van der Waals surface area contributed by atoms with Crippen molar-refractivity contribution in [1.82, 2.24) is 15.1 Å². The monoisotopic (exact) mass is 383 g/mol. The highest BCUT2D eigenvalue weighted by Gasteiger charge is 2.26. The van der Waals surface area contributed by atoms with Crippen molar-refractivity contribution in [2.45, 2.75) is 57.9 Å². The molecule has 2 aliphatic rings. The lowest BCUT2D eigenvalue weighted by atomic mass is 9.95. The summed E-state index contributed by atoms with van der Waals surface area (Å²) in [6.45, 7) is 10.8. The maximum Gasteiger partial charge on any atom is 0.245 e. The van der Waals surface area contributed by atoms with E-state index in [9.17, 15) is 4.79 Å². The number of rotatable bonds is 12. The van der Waals surface area contributed by atoms with E-state index in [-0.39, 0.29) is 12.5 Å². The van der Waals surface area contributed by atoms with Gasteiger partial charge in [-0.15, -0.1) is 0 Å². The van der Waals surface area contributed by atoms with Crippen molar-refractivity contribution in [3.63, 3.8) is 0 Å². The van der Waals surface area contributed by atoms with Crippen molar-refractivity contribution >= 4 is 5.91 Å². The van der Waals surface area contributed by atoms with Gasteiger partial charge < -0.3 is 24.6 Å². The van der Waals surface area contributed by atoms with Crippen LogP contribution in [0.1, 0.15) is 51.9 Å². The molecule has 6 nitrogen and oxygen atoms in total. The Bertz CT molecular complexity index is 392. The second-order valence-corrected chi connectivity index (χ2v) is 8.19. The fraction of sp³-hybridized carbons (Fsp3) is 0.952. The topological polar surface area (TPSA) is 54.0 Å². The molecule has 158 valence electrons. The van der Waals surface area contributed by atoms with Gasteiger partial charge in [-0.25, -0.2) is 0 Å². The molecule has 0 unspecified atom stereocenters. The molecule has 0 saturated carbocycles. The van der Waals surface area contributed by atoms with Crippen molar-refractivity contribution in [1.29, 1.82) is 0 Å². The first-order valence-electron chi connectivity index (χ1n) is 11.0. The number of likely N-dealkylation sites (tertiary alicyclic amines) is 2. The molecule has 0 atom stereocenters. The Kier molecular flexibility index (Phi) is 11.3. The third kappa shape index (κ3) is 9.37. The predicted octanol–water partition coefficient (Wildman–Crippen LogP) is 2.13. The number of amides is 1. The average molecular weight is 384 g/mol. The van der Waals surface area contributed by atoms with Gasteiger partial charge in [-0.2, -0.15) is 0 Å². The highest BCUT2D eigenvalue weighted by Crippen LogP contribution is 2.23. The molecule has 1 N–H and O–H groups in total. The molecular formula is C21H41N3O3. The molecular weight excluding hydrogens is 342 g/mol. The molecule has 2 fully saturated rings. The van der Waals surface area contributed by atoms with E-state index in [0.717, 1.165) is 25.0 Å². The van der Waals surface area contributed by atoms with Crippen LogP contribution < -0.4 is 5.32 Å². The van der Waals surface area contributed by atoms with Gasteiger partial charge in [0.2, 0.25) is 5.91 Å². The molecule has 0 aromatic heterocycles. The predicted molar refractivity (Wildman–Crippen MR) is 109 cm³/mol. The molecule has 2 heterocycles. The van der Waals surface area contributed by atoms with Gasteiger partial charge in [0.1, 0.15) is 6.61 Å². The minimum absolute atomic E-state index is 0.0930. The second kappa shape index (κ2) is 13.5. The molecule has 2 saturated heterocycles. The fourth-order valence-electron chi connectivity index (χ4n) is 4.08. The zero-order chi connectivity index (χ0) is 19.3. The van der Waals surface area contributed by atoms with E-state index in [1.165, 1.54) is 71.2 Å². The molecule has 0 bridgehead atoms. The SMILES string of the molecule is CNC(=O)COCCOCCCCCN1CCC(N2CCC(C)CC2)CC1. The molecule has 0 aromatic rings. The van der Waals surface area contributed by atoms with Gasteiger partial charge >= 0.3 is 0 Å². The summed E-state index contributed by atoms with van der Waals surface area (Å²) in [5, 5.41) is 2.53. The Hall–Kier alpha value is -0.690. The summed E-state index contributed by atoms with van der Waals surface area (Å²) in [6, 6.07) is 0.841. The first kappa shape index (κ1) is 22.6. The van der Waals surface area contributed by atoms with Gasteiger partial charge in [0.15, 0.2) is 0 Å². The molecule has 1 amide bonds. The molecule has 2 aliphatic heterocycles. The molecule has 0 aliphatic carbocycles. The van der Waals surface area contributed by atoms with Crippen LogP contribution in [0.25, 0.3) is 0 Å². The Labute approximate surface area is 165 Å². The highest BCUT2D eigenvalue weighted by molar-refractivity contribution is 5.76. The molecule has 2 rings (SSSR count). The van der Waals surface area contributed by atoms with E-state index in [4.69, 9.17) is 9.47 Å². The molecule has 0 radical (unpaired) electrons. The Balaban J connectivity index is 1.38. The number of nitrogens with one attached hydrogen (secondary N) is 1. The van der Waals surface area contributed by atoms with Gasteiger partial charge in [0.05, 0.1) is 13.2 Å². The average Bonchev–Trinajstić information content (AvgIpc) is 2.70. The van der Waals surface area contributed by atoms with Gasteiger partial charge in [0, 0.05) is 19.7 Å². The fourth-order valence-corrected chi connectivity index (χ4v) is 4.08. The number of nitrogens with zero attached hydrogens (tertiary/aromatic N) is 2. The Morgan fingerprint density at radius 3 is 2.33 bits per heavy atom. The van der Waals surface area contributed by atoms with Crippen LogP contribution in [0.4, 0.5) is 0 Å². The number of ether oxygens (including phenoxy) is 2. The number of carbonyl (C=O) groups excluding carboxylic acids is 1. The largest absolute Gasteiger partial charge is 0.379 e. The van der Waals surface area contributed by atoms with Crippen molar-refractivity contribution < 1.29 is 14.3 Å². The van der Waals surface area contributed by atoms with Crippen LogP contribution in [0, 0.1) is 5.92 Å². The summed E-state index contributed by atoms with van der Waals surface area (Å²) in [4.78, 5) is 16.4. The molecule has 0 aromatic carbocycles. The van der Waals surface area contributed by atoms with Crippen LogP contribution in [0.2, 0.25) is 0 Å². The van der Waals surface area contributed by atoms with E-state index in [1.807, 2.05) is 0 Å². The van der Waals surface area contributed by atoms with Crippen LogP contribution >= 0.6 is 0 Å². The maximum atomic E-state index is 11.0. The first-order valence-corrected chi connectivity index (χ1v) is 11.0. The van der Waals surface area contributed by atoms with Crippen LogP contribution in [-0.4, -0.2) is 87.9 Å². The van der Waals surface area contributed by atoms with Crippen molar-refractivity contribution in [3.8, 4) is 0 Å². The van der Waals surface area contributed by atoms with E-state index in [0.29, 0.717) is 13.2 Å². The van der Waals surface area contributed by atoms with Crippen LogP contribution in [-0.2, 0) is 14.3 Å². The Morgan fingerprint density at radius 2 is 1.63 bits per heavy atom. The summed E-state index contributed by atoms with van der Waals surface area (Å²) in [6.07, 6.45) is 9.09. The number of hydrogen-bond donors (Lipinski definition) is 1. The summed E-state index contributed by atoms with van der Waals surface area (Å²) < 4.78 is 10.8. The third-order valence-electron chi connectivity index (χ3n) is 6.04. The van der Waals surface area contributed by atoms with Crippen molar-refractivity contribution in [2.75, 3.05) is 66.2 Å². The Morgan fingerprint density at radius 1 is 0.926 bits per heavy atom. The molecule has 0 spiro atoms. The number of hydrogen-bond acceptors (Lipinski definition) is 5. The zero-order valence-electron chi connectivity index (χ0n) is 17.6. The van der Waals surface area contributed by atoms with Gasteiger partial charge in [0.25, 0.3) is 0 Å². The van der Waals surface area contributed by atoms with E-state index >= 15 is 0 Å². The van der Waals surface area contributed by atoms with Gasteiger partial charge in [-0.05, 0) is 83.6 Å². The van der Waals surface area contributed by atoms with Crippen molar-refractivity contribution in [3.05, 3.63) is 0 Å². The van der Waals surface area contributed by atoms with Crippen LogP contribution in [0.15, 0.2) is 0 Å². The minimum atomic E-state index is -0.0930. The lowest BCUT2D eigenvalue weighted by molar-refractivity contribution is -0.125. The summed E-state index contributed by atoms with van der Waals surface area (Å²) >= 11 is 0. The quantitative estimate of drug-likeness (QED) is 0.523. The van der Waals surface area contributed by atoms with E-state index in [2.05, 4.69) is 22.0 Å². The van der Waals surface area contributed by atoms with Gasteiger partial charge in [-0.3, -0.25) is 4.79 Å². The number of piperidine rings is 2.